The molecule has 3 aliphatic heterocycles. The van der Waals surface area contributed by atoms with Crippen LogP contribution in [0.15, 0.2) is 84.0 Å². The second-order valence-electron chi connectivity index (χ2n) is 14.2. The maximum Gasteiger partial charge on any atom is 0.255 e. The summed E-state index contributed by atoms with van der Waals surface area (Å²) in [7, 11) is 0. The average Bonchev–Trinajstić information content (AvgIpc) is 3.75. The van der Waals surface area contributed by atoms with Crippen LogP contribution < -0.4 is 15.8 Å². The Morgan fingerprint density at radius 2 is 1.70 bits per heavy atom. The number of aromatic nitrogens is 4. The number of thioether (sulfide) groups is 1. The zero-order chi connectivity index (χ0) is 37.0. The molecule has 0 saturated carbocycles. The third kappa shape index (κ3) is 7.56. The zero-order valence-electron chi connectivity index (χ0n) is 30.2. The Labute approximate surface area is 318 Å². The van der Waals surface area contributed by atoms with Gasteiger partial charge in [-0.25, -0.2) is 14.6 Å². The molecule has 3 N–H and O–H groups in total. The van der Waals surface area contributed by atoms with Crippen molar-refractivity contribution in [2.24, 2.45) is 0 Å². The van der Waals surface area contributed by atoms with E-state index in [9.17, 15) is 14.4 Å². The number of benzene rings is 3. The topological polar surface area (TPSA) is 149 Å². The summed E-state index contributed by atoms with van der Waals surface area (Å²) in [4.78, 5) is 51.5. The van der Waals surface area contributed by atoms with Crippen LogP contribution in [0.1, 0.15) is 73.3 Å². The van der Waals surface area contributed by atoms with Crippen molar-refractivity contribution in [3.05, 3.63) is 90.3 Å². The highest BCUT2D eigenvalue weighted by atomic mass is 32.2. The normalized spacial score (nSPS) is 19.0. The average molecular weight is 745 g/mol. The predicted octanol–water partition coefficient (Wildman–Crippen LogP) is 6.62. The highest BCUT2D eigenvalue weighted by molar-refractivity contribution is 7.99. The Morgan fingerprint density at radius 1 is 0.889 bits per heavy atom. The van der Waals surface area contributed by atoms with Crippen molar-refractivity contribution < 1.29 is 19.1 Å². The number of hydrogen-bond donors (Lipinski definition) is 2. The molecule has 278 valence electrons. The van der Waals surface area contributed by atoms with E-state index in [2.05, 4.69) is 30.9 Å². The molecule has 0 spiro atoms. The van der Waals surface area contributed by atoms with Crippen molar-refractivity contribution in [1.29, 1.82) is 0 Å². The molecule has 0 radical (unpaired) electrons. The van der Waals surface area contributed by atoms with Crippen LogP contribution in [0.5, 0.6) is 11.5 Å². The third-order valence-electron chi connectivity index (χ3n) is 10.6. The van der Waals surface area contributed by atoms with E-state index in [4.69, 9.17) is 15.6 Å². The molecule has 3 amide bonds. The van der Waals surface area contributed by atoms with Crippen LogP contribution >= 0.6 is 11.8 Å². The van der Waals surface area contributed by atoms with Crippen LogP contribution in [0.2, 0.25) is 0 Å². The Balaban J connectivity index is 0.827. The molecular formula is C41H44N8O4S. The van der Waals surface area contributed by atoms with Gasteiger partial charge >= 0.3 is 0 Å². The maximum atomic E-state index is 13.2. The number of likely N-dealkylation sites (tertiary alicyclic amines) is 1. The summed E-state index contributed by atoms with van der Waals surface area (Å²) in [6, 6.07) is 23.1. The molecule has 2 saturated heterocycles. The molecule has 5 aromatic rings. The van der Waals surface area contributed by atoms with E-state index in [1.165, 1.54) is 6.33 Å². The Hall–Kier alpha value is -5.27. The lowest BCUT2D eigenvalue weighted by atomic mass is 10.0. The number of nitrogens with two attached hydrogens (primary N) is 1. The van der Waals surface area contributed by atoms with E-state index in [0.29, 0.717) is 24.3 Å². The summed E-state index contributed by atoms with van der Waals surface area (Å²) in [6.45, 7) is 3.44. The Morgan fingerprint density at radius 3 is 2.54 bits per heavy atom. The molecule has 13 heteroatoms. The SMILES string of the molecule is Nc1ncnc2c1c(-c1ccc(Oc3ccccc3)cc1)nn2[C@@H]1CCCN(CCCCCCSc2cccc3c2CN(C2CCC(=O)NC2=O)C3=O)C1. The van der Waals surface area contributed by atoms with E-state index in [-0.39, 0.29) is 30.2 Å². The number of nitrogens with zero attached hydrogens (tertiary/aromatic N) is 6. The van der Waals surface area contributed by atoms with Gasteiger partial charge in [-0.05, 0) is 105 Å². The van der Waals surface area contributed by atoms with Crippen molar-refractivity contribution in [2.75, 3.05) is 31.1 Å². The Kier molecular flexibility index (Phi) is 10.6. The van der Waals surface area contributed by atoms with Crippen molar-refractivity contribution >= 4 is 46.3 Å². The zero-order valence-corrected chi connectivity index (χ0v) is 31.0. The van der Waals surface area contributed by atoms with Crippen molar-refractivity contribution in [3.63, 3.8) is 0 Å². The summed E-state index contributed by atoms with van der Waals surface area (Å²) >= 11 is 1.79. The lowest BCUT2D eigenvalue weighted by molar-refractivity contribution is -0.136. The van der Waals surface area contributed by atoms with Crippen LogP contribution in [-0.4, -0.2) is 78.7 Å². The first kappa shape index (κ1) is 35.7. The van der Waals surface area contributed by atoms with E-state index in [1.54, 1.807) is 16.7 Å². The van der Waals surface area contributed by atoms with Gasteiger partial charge in [0.25, 0.3) is 5.91 Å². The molecule has 2 aromatic heterocycles. The number of unbranched alkanes of at least 4 members (excludes halogenated alkanes) is 3. The number of para-hydroxylation sites is 1. The number of amides is 3. The summed E-state index contributed by atoms with van der Waals surface area (Å²) < 4.78 is 8.07. The quantitative estimate of drug-likeness (QED) is 0.0766. The van der Waals surface area contributed by atoms with Gasteiger partial charge in [-0.15, -0.1) is 11.8 Å². The Bertz CT molecular complexity index is 2160. The molecule has 1 unspecified atom stereocenters. The fraction of sp³-hybridized carbons (Fsp3) is 0.366. The van der Waals surface area contributed by atoms with Gasteiger partial charge in [-0.2, -0.15) is 5.10 Å². The summed E-state index contributed by atoms with van der Waals surface area (Å²) in [5.41, 5.74) is 10.6. The minimum atomic E-state index is -0.593. The largest absolute Gasteiger partial charge is 0.457 e. The maximum absolute atomic E-state index is 13.2. The number of nitrogens with one attached hydrogen (secondary N) is 1. The second kappa shape index (κ2) is 16.0. The fourth-order valence-electron chi connectivity index (χ4n) is 7.86. The van der Waals surface area contributed by atoms with Gasteiger partial charge in [-0.3, -0.25) is 19.7 Å². The number of piperidine rings is 2. The minimum Gasteiger partial charge on any atom is -0.457 e. The molecule has 54 heavy (non-hydrogen) atoms. The summed E-state index contributed by atoms with van der Waals surface area (Å²) in [5.74, 6) is 2.15. The molecule has 0 aliphatic carbocycles. The molecule has 2 atom stereocenters. The van der Waals surface area contributed by atoms with Crippen molar-refractivity contribution in [3.8, 4) is 22.8 Å². The number of fused-ring (bicyclic) bond motifs is 2. The number of carbonyl (C=O) groups excluding carboxylic acids is 3. The molecule has 3 aliphatic rings. The smallest absolute Gasteiger partial charge is 0.255 e. The van der Waals surface area contributed by atoms with Crippen LogP contribution in [0.4, 0.5) is 5.82 Å². The minimum absolute atomic E-state index is 0.125. The number of hydrogen-bond acceptors (Lipinski definition) is 10. The van der Waals surface area contributed by atoms with E-state index in [0.717, 1.165) is 108 Å². The predicted molar refractivity (Wildman–Crippen MR) is 208 cm³/mol. The lowest BCUT2D eigenvalue weighted by Crippen LogP contribution is -2.52. The molecule has 0 bridgehead atoms. The lowest BCUT2D eigenvalue weighted by Gasteiger charge is -2.33. The highest BCUT2D eigenvalue weighted by Gasteiger charge is 2.39. The molecule has 2 fully saturated rings. The van der Waals surface area contributed by atoms with Crippen molar-refractivity contribution in [2.45, 2.75) is 74.9 Å². The third-order valence-corrected chi connectivity index (χ3v) is 11.8. The highest BCUT2D eigenvalue weighted by Crippen LogP contribution is 2.36. The number of nitrogen functional groups attached to an aromatic ring is 1. The molecule has 12 nitrogen and oxygen atoms in total. The number of rotatable bonds is 13. The first-order chi connectivity index (χ1) is 26.4. The van der Waals surface area contributed by atoms with Gasteiger partial charge in [0.2, 0.25) is 11.8 Å². The molecule has 3 aromatic carbocycles. The van der Waals surface area contributed by atoms with E-state index < -0.39 is 6.04 Å². The first-order valence-corrected chi connectivity index (χ1v) is 19.9. The fourth-order valence-corrected chi connectivity index (χ4v) is 8.95. The van der Waals surface area contributed by atoms with Crippen LogP contribution in [0, 0.1) is 0 Å². The summed E-state index contributed by atoms with van der Waals surface area (Å²) in [6.07, 6.45) is 8.78. The van der Waals surface area contributed by atoms with Crippen molar-refractivity contribution in [1.82, 2.24) is 34.9 Å². The van der Waals surface area contributed by atoms with Crippen LogP contribution in [-0.2, 0) is 16.1 Å². The van der Waals surface area contributed by atoms with Gasteiger partial charge in [0, 0.05) is 35.5 Å². The first-order valence-electron chi connectivity index (χ1n) is 18.9. The number of anilines is 1. The number of imide groups is 1. The summed E-state index contributed by atoms with van der Waals surface area (Å²) in [5, 5.41) is 8.28. The van der Waals surface area contributed by atoms with Gasteiger partial charge in [0.05, 0.1) is 11.4 Å². The molecule has 5 heterocycles. The monoisotopic (exact) mass is 744 g/mol. The van der Waals surface area contributed by atoms with Gasteiger partial charge in [-0.1, -0.05) is 37.1 Å². The molecule has 8 rings (SSSR count). The standard InChI is InChI=1S/C41H44N8O4S/c42-38-36-37(27-15-17-30(18-16-27)53-29-11-4-3-5-12-29)46-49(39(36)44-26-43-38)28-10-9-22-47(24-28)21-6-1-2-7-23-54-34-14-8-13-31-32(34)25-48(41(31)52)33-19-20-35(50)45-40(33)51/h3-5,8,11-18,26,28,33H,1-2,6-7,9-10,19-25H2,(H2,42,43,44)(H,45,50,51)/t28-,33?/m1/s1. The van der Waals surface area contributed by atoms with Crippen LogP contribution in [0.3, 0.4) is 0 Å². The second-order valence-corrected chi connectivity index (χ2v) is 15.4. The van der Waals surface area contributed by atoms with Crippen LogP contribution in [0.25, 0.3) is 22.3 Å². The van der Waals surface area contributed by atoms with Gasteiger partial charge in [0.15, 0.2) is 5.65 Å². The van der Waals surface area contributed by atoms with Gasteiger partial charge in [0.1, 0.15) is 35.4 Å². The number of ether oxygens (including phenoxy) is 1. The van der Waals surface area contributed by atoms with E-state index in [1.807, 2.05) is 66.7 Å². The van der Waals surface area contributed by atoms with Gasteiger partial charge < -0.3 is 20.3 Å². The number of carbonyl (C=O) groups is 3. The van der Waals surface area contributed by atoms with E-state index >= 15 is 0 Å². The molecular weight excluding hydrogens is 701 g/mol.